The third-order valence-electron chi connectivity index (χ3n) is 10.4. The minimum absolute atomic E-state index is 0.0195. The molecule has 0 spiro atoms. The van der Waals surface area contributed by atoms with Gasteiger partial charge in [0.1, 0.15) is 47.8 Å². The first kappa shape index (κ1) is 31.8. The van der Waals surface area contributed by atoms with Gasteiger partial charge >= 0.3 is 6.01 Å². The summed E-state index contributed by atoms with van der Waals surface area (Å²) < 4.78 is 43.9. The second-order valence-corrected chi connectivity index (χ2v) is 13.9. The van der Waals surface area contributed by atoms with Gasteiger partial charge < -0.3 is 24.6 Å². The van der Waals surface area contributed by atoms with Crippen molar-refractivity contribution in [1.82, 2.24) is 19.9 Å². The Morgan fingerprint density at radius 3 is 2.65 bits per heavy atom. The number of alkyl halides is 1. The van der Waals surface area contributed by atoms with Crippen LogP contribution in [0, 0.1) is 5.82 Å². The molecule has 9 nitrogen and oxygen atoms in total. The number of anilines is 1. The van der Waals surface area contributed by atoms with Crippen molar-refractivity contribution >= 4 is 27.5 Å². The van der Waals surface area contributed by atoms with Crippen LogP contribution in [0.5, 0.6) is 11.8 Å². The standard InChI is InChI=1S/C38H39F2N5O4/c1-37(47)22-44(15-12-31(37)46)35-30-19-41-33(29-17-27(16-25-10-5-6-11-28(25)29)48-21-24-8-3-2-4-9-24)32(40)34(30)42-36(43-35)49-23-38-13-7-14-45(38)20-26(39)18-38/h2-6,8-11,16-17,19,26,31,46-47H,7,12-15,18,20-23H2,1H3/t26-,31+,37-,38+/m1/s1. The number of hydrogen-bond acceptors (Lipinski definition) is 9. The topological polar surface area (TPSA) is 104 Å². The lowest BCUT2D eigenvalue weighted by Crippen LogP contribution is -2.55. The van der Waals surface area contributed by atoms with Crippen molar-refractivity contribution in [3.63, 3.8) is 0 Å². The third-order valence-corrected chi connectivity index (χ3v) is 10.4. The lowest BCUT2D eigenvalue weighted by atomic mass is 9.91. The van der Waals surface area contributed by atoms with E-state index in [-0.39, 0.29) is 30.4 Å². The first-order valence-corrected chi connectivity index (χ1v) is 16.9. The predicted octanol–water partition coefficient (Wildman–Crippen LogP) is 5.84. The Labute approximate surface area is 283 Å². The summed E-state index contributed by atoms with van der Waals surface area (Å²) in [4.78, 5) is 17.9. The molecule has 0 aliphatic carbocycles. The van der Waals surface area contributed by atoms with Gasteiger partial charge in [0.2, 0.25) is 0 Å². The van der Waals surface area contributed by atoms with Crippen molar-refractivity contribution in [3.8, 4) is 23.0 Å². The maximum absolute atomic E-state index is 17.0. The average Bonchev–Trinajstić information content (AvgIpc) is 3.63. The minimum atomic E-state index is -1.41. The van der Waals surface area contributed by atoms with Crippen molar-refractivity contribution in [3.05, 3.63) is 84.3 Å². The lowest BCUT2D eigenvalue weighted by molar-refractivity contribution is -0.0693. The molecule has 3 aliphatic rings. The van der Waals surface area contributed by atoms with Crippen LogP contribution in [0.3, 0.4) is 0 Å². The van der Waals surface area contributed by atoms with E-state index in [1.807, 2.05) is 65.6 Å². The SMILES string of the molecule is C[C@@]1(O)CN(c2nc(OC[C@@]34CCCN3C[C@H](F)C4)nc3c(F)c(-c4cc(OCc5ccccc5)cc5ccccc45)ncc23)CC[C@@H]1O. The Morgan fingerprint density at radius 2 is 1.82 bits per heavy atom. The maximum Gasteiger partial charge on any atom is 0.319 e. The fraction of sp³-hybridized carbons (Fsp3) is 0.395. The lowest BCUT2D eigenvalue weighted by Gasteiger charge is -2.41. The van der Waals surface area contributed by atoms with Crippen LogP contribution in [0.25, 0.3) is 32.9 Å². The summed E-state index contributed by atoms with van der Waals surface area (Å²) in [6.45, 7) is 3.73. The molecule has 0 bridgehead atoms. The molecule has 5 aromatic rings. The van der Waals surface area contributed by atoms with E-state index in [2.05, 4.69) is 14.9 Å². The Kier molecular flexibility index (Phi) is 8.08. The van der Waals surface area contributed by atoms with E-state index < -0.39 is 29.2 Å². The molecule has 8 rings (SSSR count). The van der Waals surface area contributed by atoms with Gasteiger partial charge in [0.25, 0.3) is 0 Å². The fourth-order valence-electron chi connectivity index (χ4n) is 7.81. The number of aromatic nitrogens is 3. The zero-order valence-corrected chi connectivity index (χ0v) is 27.4. The number of benzene rings is 3. The molecular formula is C38H39F2N5O4. The molecule has 4 atom stereocenters. The number of pyridine rings is 1. The van der Waals surface area contributed by atoms with Crippen LogP contribution in [-0.4, -0.2) is 86.3 Å². The molecule has 2 N–H and O–H groups in total. The predicted molar refractivity (Wildman–Crippen MR) is 183 cm³/mol. The van der Waals surface area contributed by atoms with E-state index >= 15 is 4.39 Å². The summed E-state index contributed by atoms with van der Waals surface area (Å²) in [5.41, 5.74) is -0.183. The molecule has 254 valence electrons. The summed E-state index contributed by atoms with van der Waals surface area (Å²) >= 11 is 0. The maximum atomic E-state index is 17.0. The van der Waals surface area contributed by atoms with E-state index in [1.54, 1.807) is 19.2 Å². The monoisotopic (exact) mass is 667 g/mol. The number of nitrogens with zero attached hydrogens (tertiary/aromatic N) is 5. The first-order chi connectivity index (χ1) is 23.7. The van der Waals surface area contributed by atoms with Gasteiger partial charge in [-0.2, -0.15) is 9.97 Å². The normalized spacial score (nSPS) is 25.6. The van der Waals surface area contributed by atoms with E-state index in [4.69, 9.17) is 14.5 Å². The highest BCUT2D eigenvalue weighted by atomic mass is 19.1. The van der Waals surface area contributed by atoms with Crippen LogP contribution in [0.2, 0.25) is 0 Å². The molecule has 0 radical (unpaired) electrons. The molecule has 0 amide bonds. The second kappa shape index (κ2) is 12.5. The minimum Gasteiger partial charge on any atom is -0.489 e. The Morgan fingerprint density at radius 1 is 1.00 bits per heavy atom. The van der Waals surface area contributed by atoms with Gasteiger partial charge in [0.05, 0.1) is 23.6 Å². The number of hydrogen-bond donors (Lipinski definition) is 2. The molecular weight excluding hydrogens is 628 g/mol. The number of fused-ring (bicyclic) bond motifs is 3. The van der Waals surface area contributed by atoms with Gasteiger partial charge in [-0.15, -0.1) is 0 Å². The Hall–Kier alpha value is -4.45. The summed E-state index contributed by atoms with van der Waals surface area (Å²) in [6.07, 6.45) is 2.14. The largest absolute Gasteiger partial charge is 0.489 e. The smallest absolute Gasteiger partial charge is 0.319 e. The number of piperidine rings is 1. The molecule has 0 unspecified atom stereocenters. The first-order valence-electron chi connectivity index (χ1n) is 16.9. The quantitative estimate of drug-likeness (QED) is 0.211. The molecule has 0 saturated carbocycles. The fourth-order valence-corrected chi connectivity index (χ4v) is 7.81. The number of aliphatic hydroxyl groups excluding tert-OH is 1. The van der Waals surface area contributed by atoms with E-state index in [1.165, 1.54) is 0 Å². The van der Waals surface area contributed by atoms with Gasteiger partial charge in [0, 0.05) is 31.3 Å². The summed E-state index contributed by atoms with van der Waals surface area (Å²) in [6, 6.07) is 21.2. The molecule has 49 heavy (non-hydrogen) atoms. The zero-order valence-electron chi connectivity index (χ0n) is 27.4. The van der Waals surface area contributed by atoms with Crippen LogP contribution < -0.4 is 14.4 Å². The van der Waals surface area contributed by atoms with Gasteiger partial charge in [0.15, 0.2) is 5.82 Å². The molecule has 5 heterocycles. The van der Waals surface area contributed by atoms with Crippen LogP contribution in [-0.2, 0) is 6.61 Å². The van der Waals surface area contributed by atoms with Gasteiger partial charge in [-0.05, 0) is 61.2 Å². The number of ether oxygens (including phenoxy) is 2. The van der Waals surface area contributed by atoms with Crippen LogP contribution in [0.15, 0.2) is 72.9 Å². The van der Waals surface area contributed by atoms with Crippen molar-refractivity contribution in [2.45, 2.75) is 62.6 Å². The Balaban J connectivity index is 1.22. The molecule has 3 aromatic carbocycles. The van der Waals surface area contributed by atoms with Gasteiger partial charge in [-0.3, -0.25) is 9.88 Å². The molecule has 3 aliphatic heterocycles. The third kappa shape index (κ3) is 5.94. The summed E-state index contributed by atoms with van der Waals surface area (Å²) in [5, 5.41) is 23.4. The highest BCUT2D eigenvalue weighted by Crippen LogP contribution is 2.41. The van der Waals surface area contributed by atoms with Crippen molar-refractivity contribution in [1.29, 1.82) is 0 Å². The van der Waals surface area contributed by atoms with Crippen molar-refractivity contribution < 1.29 is 28.5 Å². The van der Waals surface area contributed by atoms with E-state index in [0.29, 0.717) is 55.1 Å². The highest BCUT2D eigenvalue weighted by Gasteiger charge is 2.49. The molecule has 11 heteroatoms. The van der Waals surface area contributed by atoms with E-state index in [9.17, 15) is 14.6 Å². The summed E-state index contributed by atoms with van der Waals surface area (Å²) in [5.74, 6) is 0.277. The number of halogens is 2. The zero-order chi connectivity index (χ0) is 33.8. The number of β-amino-alcohol motifs (C(OH)–C–C–N with tert-alkyl or cyclic N) is 1. The van der Waals surface area contributed by atoms with Gasteiger partial charge in [-0.25, -0.2) is 8.78 Å². The van der Waals surface area contributed by atoms with Gasteiger partial charge in [-0.1, -0.05) is 54.6 Å². The summed E-state index contributed by atoms with van der Waals surface area (Å²) in [7, 11) is 0. The van der Waals surface area contributed by atoms with Crippen LogP contribution >= 0.6 is 0 Å². The van der Waals surface area contributed by atoms with Crippen LogP contribution in [0.1, 0.15) is 38.2 Å². The molecule has 3 saturated heterocycles. The van der Waals surface area contributed by atoms with E-state index in [0.717, 1.165) is 35.7 Å². The average molecular weight is 668 g/mol. The second-order valence-electron chi connectivity index (χ2n) is 13.9. The molecule has 2 aromatic heterocycles. The number of rotatable bonds is 8. The van der Waals surface area contributed by atoms with Crippen LogP contribution in [0.4, 0.5) is 14.6 Å². The number of aliphatic hydroxyl groups is 2. The Bertz CT molecular complexity index is 2010. The van der Waals surface area contributed by atoms with Crippen molar-refractivity contribution in [2.75, 3.05) is 37.7 Å². The highest BCUT2D eigenvalue weighted by molar-refractivity contribution is 6.00. The molecule has 3 fully saturated rings. The van der Waals surface area contributed by atoms with Crippen molar-refractivity contribution in [2.24, 2.45) is 0 Å².